The van der Waals surface area contributed by atoms with Crippen LogP contribution < -0.4 is 10.6 Å². The topological polar surface area (TPSA) is 84.5 Å². The molecule has 0 heterocycles. The van der Waals surface area contributed by atoms with E-state index in [0.29, 0.717) is 11.4 Å². The van der Waals surface area contributed by atoms with Crippen LogP contribution in [-0.2, 0) is 19.1 Å². The Labute approximate surface area is 123 Å². The van der Waals surface area contributed by atoms with Gasteiger partial charge in [-0.1, -0.05) is 13.8 Å². The van der Waals surface area contributed by atoms with Gasteiger partial charge in [-0.15, -0.1) is 0 Å². The van der Waals surface area contributed by atoms with Gasteiger partial charge in [-0.25, -0.2) is 0 Å². The molecule has 0 unspecified atom stereocenters. The van der Waals surface area contributed by atoms with Crippen molar-refractivity contribution in [3.8, 4) is 0 Å². The summed E-state index contributed by atoms with van der Waals surface area (Å²) in [5.41, 5.74) is 1.20. The van der Waals surface area contributed by atoms with Crippen LogP contribution in [0, 0.1) is 5.92 Å². The third-order valence-corrected chi connectivity index (χ3v) is 2.61. The van der Waals surface area contributed by atoms with Gasteiger partial charge in [-0.05, 0) is 31.2 Å². The van der Waals surface area contributed by atoms with Crippen molar-refractivity contribution in [1.82, 2.24) is 0 Å². The summed E-state index contributed by atoms with van der Waals surface area (Å²) < 4.78 is 5.01. The molecule has 1 atom stereocenters. The molecule has 1 aromatic carbocycles. The highest BCUT2D eigenvalue weighted by atomic mass is 16.5. The Morgan fingerprint density at radius 2 is 1.43 bits per heavy atom. The van der Waals surface area contributed by atoms with Crippen molar-refractivity contribution in [3.05, 3.63) is 24.3 Å². The molecule has 0 aliphatic rings. The van der Waals surface area contributed by atoms with Gasteiger partial charge in [0.15, 0.2) is 6.10 Å². The van der Waals surface area contributed by atoms with Crippen LogP contribution in [0.5, 0.6) is 0 Å². The fourth-order valence-electron chi connectivity index (χ4n) is 1.45. The van der Waals surface area contributed by atoms with E-state index in [1.54, 1.807) is 38.1 Å². The van der Waals surface area contributed by atoms with Crippen LogP contribution in [0.4, 0.5) is 11.4 Å². The summed E-state index contributed by atoms with van der Waals surface area (Å²) in [6.45, 7) is 6.34. The van der Waals surface area contributed by atoms with Gasteiger partial charge in [0.1, 0.15) is 0 Å². The lowest BCUT2D eigenvalue weighted by Crippen LogP contribution is -2.31. The van der Waals surface area contributed by atoms with E-state index in [0.717, 1.165) is 0 Å². The lowest BCUT2D eigenvalue weighted by atomic mass is 10.2. The first-order valence-electron chi connectivity index (χ1n) is 6.68. The van der Waals surface area contributed by atoms with Gasteiger partial charge < -0.3 is 15.4 Å². The SMILES string of the molecule is CC(=O)Nc1ccc(NC(=O)[C@@H](C)OC(=O)C(C)C)cc1. The van der Waals surface area contributed by atoms with Gasteiger partial charge in [0, 0.05) is 18.3 Å². The summed E-state index contributed by atoms with van der Waals surface area (Å²) in [6.07, 6.45) is -0.866. The maximum Gasteiger partial charge on any atom is 0.309 e. The smallest absolute Gasteiger partial charge is 0.309 e. The van der Waals surface area contributed by atoms with E-state index < -0.39 is 18.0 Å². The van der Waals surface area contributed by atoms with Crippen LogP contribution in [0.3, 0.4) is 0 Å². The zero-order chi connectivity index (χ0) is 16.0. The summed E-state index contributed by atoms with van der Waals surface area (Å²) in [5, 5.41) is 5.26. The summed E-state index contributed by atoms with van der Waals surface area (Å²) >= 11 is 0. The number of carbonyl (C=O) groups is 3. The van der Waals surface area contributed by atoms with E-state index in [4.69, 9.17) is 4.74 Å². The lowest BCUT2D eigenvalue weighted by Gasteiger charge is -2.15. The Balaban J connectivity index is 2.58. The first kappa shape index (κ1) is 16.7. The van der Waals surface area contributed by atoms with Crippen molar-refractivity contribution in [2.75, 3.05) is 10.6 Å². The second-order valence-corrected chi connectivity index (χ2v) is 4.98. The highest BCUT2D eigenvalue weighted by molar-refractivity contribution is 5.95. The summed E-state index contributed by atoms with van der Waals surface area (Å²) in [7, 11) is 0. The normalized spacial score (nSPS) is 11.7. The molecule has 2 N–H and O–H groups in total. The molecule has 0 aliphatic heterocycles. The van der Waals surface area contributed by atoms with Crippen LogP contribution in [0.2, 0.25) is 0 Å². The molecule has 0 saturated heterocycles. The number of rotatable bonds is 5. The number of anilines is 2. The van der Waals surface area contributed by atoms with Crippen molar-refractivity contribution >= 4 is 29.2 Å². The zero-order valence-corrected chi connectivity index (χ0v) is 12.6. The molecule has 0 bridgehead atoms. The van der Waals surface area contributed by atoms with Gasteiger partial charge in [0.05, 0.1) is 5.92 Å². The van der Waals surface area contributed by atoms with E-state index in [-0.39, 0.29) is 11.8 Å². The zero-order valence-electron chi connectivity index (χ0n) is 12.6. The second kappa shape index (κ2) is 7.42. The van der Waals surface area contributed by atoms with Gasteiger partial charge in [-0.3, -0.25) is 14.4 Å². The van der Waals surface area contributed by atoms with Crippen LogP contribution in [0.15, 0.2) is 24.3 Å². The molecular formula is C15H20N2O4. The molecule has 0 fully saturated rings. The highest BCUT2D eigenvalue weighted by Gasteiger charge is 2.19. The number of esters is 1. The Kier molecular flexibility index (Phi) is 5.90. The first-order valence-corrected chi connectivity index (χ1v) is 6.68. The number of hydrogen-bond donors (Lipinski definition) is 2. The molecule has 1 rings (SSSR count). The third kappa shape index (κ3) is 5.64. The van der Waals surface area contributed by atoms with Crippen molar-refractivity contribution in [3.63, 3.8) is 0 Å². The number of hydrogen-bond acceptors (Lipinski definition) is 4. The van der Waals surface area contributed by atoms with Gasteiger partial charge in [-0.2, -0.15) is 0 Å². The molecule has 1 aromatic rings. The molecule has 114 valence electrons. The van der Waals surface area contributed by atoms with Crippen molar-refractivity contribution in [1.29, 1.82) is 0 Å². The second-order valence-electron chi connectivity index (χ2n) is 4.98. The lowest BCUT2D eigenvalue weighted by molar-refractivity contribution is -0.156. The molecule has 0 radical (unpaired) electrons. The van der Waals surface area contributed by atoms with Crippen LogP contribution in [-0.4, -0.2) is 23.9 Å². The number of nitrogens with one attached hydrogen (secondary N) is 2. The standard InChI is InChI=1S/C15H20N2O4/c1-9(2)15(20)21-10(3)14(19)17-13-7-5-12(6-8-13)16-11(4)18/h5-10H,1-4H3,(H,16,18)(H,17,19)/t10-/m1/s1. The van der Waals surface area contributed by atoms with E-state index in [1.165, 1.54) is 13.8 Å². The van der Waals surface area contributed by atoms with Gasteiger partial charge >= 0.3 is 5.97 Å². The Bertz CT molecular complexity index is 523. The molecule has 2 amide bonds. The molecule has 0 aliphatic carbocycles. The van der Waals surface area contributed by atoms with E-state index in [9.17, 15) is 14.4 Å². The number of carbonyl (C=O) groups excluding carboxylic acids is 3. The van der Waals surface area contributed by atoms with Gasteiger partial charge in [0.25, 0.3) is 5.91 Å². The van der Waals surface area contributed by atoms with Crippen molar-refractivity contribution < 1.29 is 19.1 Å². The van der Waals surface area contributed by atoms with Crippen LogP contribution in [0.1, 0.15) is 27.7 Å². The minimum atomic E-state index is -0.866. The maximum atomic E-state index is 11.9. The predicted molar refractivity (Wildman–Crippen MR) is 79.8 cm³/mol. The summed E-state index contributed by atoms with van der Waals surface area (Å²) in [4.78, 5) is 34.2. The van der Waals surface area contributed by atoms with Crippen molar-refractivity contribution in [2.24, 2.45) is 5.92 Å². The molecule has 6 heteroatoms. The molecule has 6 nitrogen and oxygen atoms in total. The van der Waals surface area contributed by atoms with E-state index >= 15 is 0 Å². The van der Waals surface area contributed by atoms with Crippen molar-refractivity contribution in [2.45, 2.75) is 33.8 Å². The average molecular weight is 292 g/mol. The third-order valence-electron chi connectivity index (χ3n) is 2.61. The monoisotopic (exact) mass is 292 g/mol. The summed E-state index contributed by atoms with van der Waals surface area (Å²) in [6, 6.07) is 6.64. The quantitative estimate of drug-likeness (QED) is 0.815. The van der Waals surface area contributed by atoms with Crippen LogP contribution in [0.25, 0.3) is 0 Å². The maximum absolute atomic E-state index is 11.9. The Morgan fingerprint density at radius 3 is 1.86 bits per heavy atom. The van der Waals surface area contributed by atoms with E-state index in [1.807, 2.05) is 0 Å². The van der Waals surface area contributed by atoms with Gasteiger partial charge in [0.2, 0.25) is 5.91 Å². The molecular weight excluding hydrogens is 272 g/mol. The minimum absolute atomic E-state index is 0.166. The average Bonchev–Trinajstić information content (AvgIpc) is 2.40. The largest absolute Gasteiger partial charge is 0.452 e. The number of ether oxygens (including phenoxy) is 1. The summed E-state index contributed by atoms with van der Waals surface area (Å²) in [5.74, 6) is -1.27. The molecule has 0 aromatic heterocycles. The minimum Gasteiger partial charge on any atom is -0.452 e. The molecule has 21 heavy (non-hydrogen) atoms. The molecule has 0 saturated carbocycles. The first-order chi connectivity index (χ1) is 9.79. The Hall–Kier alpha value is -2.37. The fourth-order valence-corrected chi connectivity index (χ4v) is 1.45. The van der Waals surface area contributed by atoms with Crippen LogP contribution >= 0.6 is 0 Å². The molecule has 0 spiro atoms. The highest BCUT2D eigenvalue weighted by Crippen LogP contribution is 2.14. The Morgan fingerprint density at radius 1 is 0.952 bits per heavy atom. The predicted octanol–water partition coefficient (Wildman–Crippen LogP) is 2.17. The number of benzene rings is 1. The number of amides is 2. The fraction of sp³-hybridized carbons (Fsp3) is 0.400. The van der Waals surface area contributed by atoms with E-state index in [2.05, 4.69) is 10.6 Å².